The summed E-state index contributed by atoms with van der Waals surface area (Å²) in [5, 5.41) is 2.89. The van der Waals surface area contributed by atoms with Gasteiger partial charge in [0.15, 0.2) is 0 Å². The standard InChI is InChI=1S/C22H26N2O2/c1-17(25)23-16-19-11-13-24(14-12-19)22(26)21-10-6-5-9-20(21)15-18-7-3-2-4-8-18/h2-10,19H,11-16H2,1H3,(H,23,25). The van der Waals surface area contributed by atoms with Crippen molar-refractivity contribution in [1.29, 1.82) is 0 Å². The van der Waals surface area contributed by atoms with Crippen molar-refractivity contribution >= 4 is 11.8 Å². The molecule has 2 aromatic rings. The summed E-state index contributed by atoms with van der Waals surface area (Å²) in [6.45, 7) is 3.76. The number of rotatable bonds is 5. The van der Waals surface area contributed by atoms with Crippen molar-refractivity contribution in [2.75, 3.05) is 19.6 Å². The second kappa shape index (κ2) is 8.65. The lowest BCUT2D eigenvalue weighted by Crippen LogP contribution is -2.41. The Kier molecular flexibility index (Phi) is 6.05. The van der Waals surface area contributed by atoms with Crippen molar-refractivity contribution in [3.63, 3.8) is 0 Å². The van der Waals surface area contributed by atoms with Crippen molar-refractivity contribution in [1.82, 2.24) is 10.2 Å². The van der Waals surface area contributed by atoms with E-state index in [0.29, 0.717) is 12.5 Å². The molecule has 4 nitrogen and oxygen atoms in total. The van der Waals surface area contributed by atoms with E-state index in [9.17, 15) is 9.59 Å². The van der Waals surface area contributed by atoms with Crippen LogP contribution in [0, 0.1) is 5.92 Å². The Hall–Kier alpha value is -2.62. The van der Waals surface area contributed by atoms with Gasteiger partial charge in [-0.3, -0.25) is 9.59 Å². The molecule has 0 unspecified atom stereocenters. The van der Waals surface area contributed by atoms with Crippen LogP contribution in [0.3, 0.4) is 0 Å². The zero-order valence-electron chi connectivity index (χ0n) is 15.3. The van der Waals surface area contributed by atoms with Crippen LogP contribution >= 0.6 is 0 Å². The highest BCUT2D eigenvalue weighted by atomic mass is 16.2. The Morgan fingerprint density at radius 2 is 1.65 bits per heavy atom. The molecule has 4 heteroatoms. The van der Waals surface area contributed by atoms with E-state index in [1.54, 1.807) is 6.92 Å². The Balaban J connectivity index is 1.64. The minimum Gasteiger partial charge on any atom is -0.356 e. The number of piperidine rings is 1. The average Bonchev–Trinajstić information content (AvgIpc) is 2.67. The molecular formula is C22H26N2O2. The first-order chi connectivity index (χ1) is 12.6. The molecule has 2 aromatic carbocycles. The number of likely N-dealkylation sites (tertiary alicyclic amines) is 1. The Morgan fingerprint density at radius 3 is 2.35 bits per heavy atom. The number of carbonyl (C=O) groups excluding carboxylic acids is 2. The maximum absolute atomic E-state index is 13.0. The zero-order chi connectivity index (χ0) is 18.4. The molecule has 3 rings (SSSR count). The Morgan fingerprint density at radius 1 is 1.00 bits per heavy atom. The van der Waals surface area contributed by atoms with Gasteiger partial charge in [-0.2, -0.15) is 0 Å². The van der Waals surface area contributed by atoms with Gasteiger partial charge in [-0.1, -0.05) is 48.5 Å². The molecule has 1 saturated heterocycles. The smallest absolute Gasteiger partial charge is 0.254 e. The fourth-order valence-electron chi connectivity index (χ4n) is 3.50. The van der Waals surface area contributed by atoms with E-state index in [4.69, 9.17) is 0 Å². The van der Waals surface area contributed by atoms with Crippen LogP contribution in [-0.2, 0) is 11.2 Å². The van der Waals surface area contributed by atoms with Gasteiger partial charge in [-0.15, -0.1) is 0 Å². The predicted octanol–water partition coefficient (Wildman–Crippen LogP) is 3.27. The molecule has 0 spiro atoms. The van der Waals surface area contributed by atoms with E-state index in [-0.39, 0.29) is 11.8 Å². The molecule has 1 aliphatic rings. The highest BCUT2D eigenvalue weighted by Crippen LogP contribution is 2.21. The van der Waals surface area contributed by atoms with Crippen molar-refractivity contribution in [3.8, 4) is 0 Å². The second-order valence-corrected chi connectivity index (χ2v) is 6.99. The molecule has 1 fully saturated rings. The third-order valence-electron chi connectivity index (χ3n) is 5.03. The molecule has 1 N–H and O–H groups in total. The van der Waals surface area contributed by atoms with Gasteiger partial charge in [0.2, 0.25) is 5.91 Å². The van der Waals surface area contributed by atoms with Crippen LogP contribution in [-0.4, -0.2) is 36.3 Å². The van der Waals surface area contributed by atoms with Crippen LogP contribution in [0.4, 0.5) is 0 Å². The molecular weight excluding hydrogens is 324 g/mol. The molecule has 0 saturated carbocycles. The highest BCUT2D eigenvalue weighted by Gasteiger charge is 2.24. The summed E-state index contributed by atoms with van der Waals surface area (Å²) in [6, 6.07) is 18.2. The zero-order valence-corrected chi connectivity index (χ0v) is 15.3. The Bertz CT molecular complexity index is 750. The van der Waals surface area contributed by atoms with Gasteiger partial charge in [0.25, 0.3) is 5.91 Å². The maximum atomic E-state index is 13.0. The monoisotopic (exact) mass is 350 g/mol. The minimum atomic E-state index is 0.0124. The lowest BCUT2D eigenvalue weighted by atomic mass is 9.94. The van der Waals surface area contributed by atoms with Gasteiger partial charge in [0.1, 0.15) is 0 Å². The van der Waals surface area contributed by atoms with Gasteiger partial charge in [-0.25, -0.2) is 0 Å². The number of hydrogen-bond acceptors (Lipinski definition) is 2. The van der Waals surface area contributed by atoms with E-state index in [2.05, 4.69) is 17.4 Å². The molecule has 2 amide bonds. The van der Waals surface area contributed by atoms with E-state index in [1.165, 1.54) is 5.56 Å². The first kappa shape index (κ1) is 18.2. The van der Waals surface area contributed by atoms with Gasteiger partial charge in [0.05, 0.1) is 0 Å². The van der Waals surface area contributed by atoms with E-state index >= 15 is 0 Å². The minimum absolute atomic E-state index is 0.0124. The van der Waals surface area contributed by atoms with Crippen LogP contribution in [0.15, 0.2) is 54.6 Å². The molecule has 0 radical (unpaired) electrons. The summed E-state index contributed by atoms with van der Waals surface area (Å²) in [6.07, 6.45) is 2.64. The van der Waals surface area contributed by atoms with Crippen LogP contribution in [0.1, 0.15) is 41.3 Å². The van der Waals surface area contributed by atoms with Crippen molar-refractivity contribution < 1.29 is 9.59 Å². The number of amides is 2. The van der Waals surface area contributed by atoms with Gasteiger partial charge in [0, 0.05) is 32.1 Å². The van der Waals surface area contributed by atoms with Crippen molar-refractivity contribution in [2.24, 2.45) is 5.92 Å². The van der Waals surface area contributed by atoms with E-state index < -0.39 is 0 Å². The number of nitrogens with one attached hydrogen (secondary N) is 1. The van der Waals surface area contributed by atoms with E-state index in [0.717, 1.165) is 43.5 Å². The van der Waals surface area contributed by atoms with Crippen molar-refractivity contribution in [3.05, 3.63) is 71.3 Å². The first-order valence-corrected chi connectivity index (χ1v) is 9.29. The summed E-state index contributed by atoms with van der Waals surface area (Å²) in [4.78, 5) is 26.0. The normalized spacial score (nSPS) is 14.9. The molecule has 1 heterocycles. The van der Waals surface area contributed by atoms with Gasteiger partial charge >= 0.3 is 0 Å². The topological polar surface area (TPSA) is 49.4 Å². The third-order valence-corrected chi connectivity index (χ3v) is 5.03. The van der Waals surface area contributed by atoms with Crippen LogP contribution in [0.2, 0.25) is 0 Å². The molecule has 0 aromatic heterocycles. The van der Waals surface area contributed by atoms with E-state index in [1.807, 2.05) is 47.4 Å². The lowest BCUT2D eigenvalue weighted by Gasteiger charge is -2.32. The highest BCUT2D eigenvalue weighted by molar-refractivity contribution is 5.95. The van der Waals surface area contributed by atoms with Gasteiger partial charge < -0.3 is 10.2 Å². The molecule has 0 atom stereocenters. The van der Waals surface area contributed by atoms with Crippen LogP contribution < -0.4 is 5.32 Å². The van der Waals surface area contributed by atoms with Crippen LogP contribution in [0.25, 0.3) is 0 Å². The molecule has 136 valence electrons. The summed E-state index contributed by atoms with van der Waals surface area (Å²) >= 11 is 0. The maximum Gasteiger partial charge on any atom is 0.254 e. The quantitative estimate of drug-likeness (QED) is 0.900. The summed E-state index contributed by atoms with van der Waals surface area (Å²) in [7, 11) is 0. The second-order valence-electron chi connectivity index (χ2n) is 6.99. The van der Waals surface area contributed by atoms with Crippen molar-refractivity contribution in [2.45, 2.75) is 26.2 Å². The molecule has 1 aliphatic heterocycles. The third kappa shape index (κ3) is 4.72. The molecule has 0 aliphatic carbocycles. The number of carbonyl (C=O) groups is 2. The number of nitrogens with zero attached hydrogens (tertiary/aromatic N) is 1. The summed E-state index contributed by atoms with van der Waals surface area (Å²) in [5.74, 6) is 0.593. The SMILES string of the molecule is CC(=O)NCC1CCN(C(=O)c2ccccc2Cc2ccccc2)CC1. The summed E-state index contributed by atoms with van der Waals surface area (Å²) in [5.41, 5.74) is 3.09. The number of hydrogen-bond donors (Lipinski definition) is 1. The van der Waals surface area contributed by atoms with Crippen LogP contribution in [0.5, 0.6) is 0 Å². The largest absolute Gasteiger partial charge is 0.356 e. The predicted molar refractivity (Wildman–Crippen MR) is 103 cm³/mol. The Labute approximate surface area is 155 Å². The average molecular weight is 350 g/mol. The fourth-order valence-corrected chi connectivity index (χ4v) is 3.50. The summed E-state index contributed by atoms with van der Waals surface area (Å²) < 4.78 is 0. The number of benzene rings is 2. The first-order valence-electron chi connectivity index (χ1n) is 9.29. The molecule has 26 heavy (non-hydrogen) atoms. The fraction of sp³-hybridized carbons (Fsp3) is 0.364. The van der Waals surface area contributed by atoms with Gasteiger partial charge in [-0.05, 0) is 42.4 Å². The lowest BCUT2D eigenvalue weighted by molar-refractivity contribution is -0.119. The molecule has 0 bridgehead atoms.